The molecule has 44 heavy (non-hydrogen) atoms. The number of amides is 3. The van der Waals surface area contributed by atoms with Crippen LogP contribution in [0.5, 0.6) is 0 Å². The lowest BCUT2D eigenvalue weighted by Crippen LogP contribution is -2.56. The van der Waals surface area contributed by atoms with Gasteiger partial charge in [-0.05, 0) is 72.4 Å². The predicted molar refractivity (Wildman–Crippen MR) is 170 cm³/mol. The molecule has 1 saturated carbocycles. The summed E-state index contributed by atoms with van der Waals surface area (Å²) >= 11 is 0. The number of esters is 1. The number of aryl methyl sites for hydroxylation is 1. The summed E-state index contributed by atoms with van der Waals surface area (Å²) in [4.78, 5) is 51.4. The molecule has 1 saturated heterocycles. The maximum atomic E-state index is 13.4. The Kier molecular flexibility index (Phi) is 9.67. The van der Waals surface area contributed by atoms with Gasteiger partial charge in [-0.15, -0.1) is 0 Å². The van der Waals surface area contributed by atoms with Gasteiger partial charge in [0.25, 0.3) is 11.8 Å². The van der Waals surface area contributed by atoms with Crippen molar-refractivity contribution in [3.8, 4) is 0 Å². The molecule has 0 radical (unpaired) electrons. The molecular formula is C36H43N3O5. The molecule has 232 valence electrons. The van der Waals surface area contributed by atoms with Crippen LogP contribution in [0.15, 0.2) is 72.8 Å². The molecule has 3 aromatic rings. The number of carbonyl (C=O) groups excluding carboxylic acids is 4. The van der Waals surface area contributed by atoms with Crippen LogP contribution in [0.1, 0.15) is 62.9 Å². The Morgan fingerprint density at radius 3 is 2.32 bits per heavy atom. The van der Waals surface area contributed by atoms with Crippen LogP contribution in [-0.4, -0.2) is 47.9 Å². The van der Waals surface area contributed by atoms with E-state index in [1.165, 1.54) is 5.56 Å². The van der Waals surface area contributed by atoms with Gasteiger partial charge in [-0.25, -0.2) is 0 Å². The molecule has 0 spiro atoms. The molecule has 5 rings (SSSR count). The Hall–Kier alpha value is -4.20. The minimum absolute atomic E-state index is 0.0319. The molecule has 3 N–H and O–H groups in total. The topological polar surface area (TPSA) is 114 Å². The highest BCUT2D eigenvalue weighted by molar-refractivity contribution is 6.00. The number of benzene rings is 3. The van der Waals surface area contributed by atoms with Crippen molar-refractivity contribution in [2.24, 2.45) is 23.7 Å². The van der Waals surface area contributed by atoms with Crippen molar-refractivity contribution in [3.63, 3.8) is 0 Å². The van der Waals surface area contributed by atoms with Crippen LogP contribution in [0.3, 0.4) is 0 Å². The molecule has 1 unspecified atom stereocenters. The van der Waals surface area contributed by atoms with Gasteiger partial charge < -0.3 is 20.7 Å². The van der Waals surface area contributed by atoms with Crippen molar-refractivity contribution < 1.29 is 23.9 Å². The Labute approximate surface area is 259 Å². The first-order valence-electron chi connectivity index (χ1n) is 15.8. The second-order valence-electron chi connectivity index (χ2n) is 12.5. The normalized spacial score (nSPS) is 23.3. The predicted octanol–water partition coefficient (Wildman–Crippen LogP) is 4.80. The fraction of sp³-hybridized carbons (Fsp3) is 0.444. The van der Waals surface area contributed by atoms with Crippen LogP contribution < -0.4 is 16.0 Å². The third kappa shape index (κ3) is 7.12. The van der Waals surface area contributed by atoms with E-state index in [0.29, 0.717) is 5.56 Å². The number of hydrogen-bond acceptors (Lipinski definition) is 5. The Bertz CT molecular complexity index is 1510. The van der Waals surface area contributed by atoms with E-state index in [-0.39, 0.29) is 59.4 Å². The zero-order valence-corrected chi connectivity index (χ0v) is 25.9. The zero-order valence-electron chi connectivity index (χ0n) is 25.9. The second-order valence-corrected chi connectivity index (χ2v) is 12.5. The number of nitrogens with one attached hydrogen (secondary N) is 3. The van der Waals surface area contributed by atoms with Crippen LogP contribution in [0.25, 0.3) is 10.8 Å². The quantitative estimate of drug-likeness (QED) is 0.245. The molecular weight excluding hydrogens is 554 g/mol. The van der Waals surface area contributed by atoms with Gasteiger partial charge in [0.05, 0.1) is 0 Å². The third-order valence-electron chi connectivity index (χ3n) is 9.50. The molecule has 3 amide bonds. The highest BCUT2D eigenvalue weighted by atomic mass is 16.6. The van der Waals surface area contributed by atoms with Crippen LogP contribution >= 0.6 is 0 Å². The summed E-state index contributed by atoms with van der Waals surface area (Å²) in [5, 5.41) is 11.2. The largest absolute Gasteiger partial charge is 0.451 e. The van der Waals surface area contributed by atoms with Gasteiger partial charge in [0.15, 0.2) is 6.10 Å². The van der Waals surface area contributed by atoms with Gasteiger partial charge in [-0.3, -0.25) is 19.2 Å². The maximum Gasteiger partial charge on any atom is 0.314 e. The van der Waals surface area contributed by atoms with Crippen molar-refractivity contribution in [2.75, 3.05) is 0 Å². The monoisotopic (exact) mass is 597 g/mol. The number of hydrogen-bond donors (Lipinski definition) is 3. The number of rotatable bonds is 13. The lowest BCUT2D eigenvalue weighted by molar-refractivity contribution is -0.193. The maximum absolute atomic E-state index is 13.4. The molecule has 8 heteroatoms. The molecule has 8 atom stereocenters. The second kappa shape index (κ2) is 13.6. The summed E-state index contributed by atoms with van der Waals surface area (Å²) in [5.74, 6) is -1.13. The fourth-order valence-corrected chi connectivity index (χ4v) is 6.27. The van der Waals surface area contributed by atoms with Gasteiger partial charge in [0.2, 0.25) is 5.91 Å². The number of carbonyl (C=O) groups is 4. The molecule has 2 fully saturated rings. The highest BCUT2D eigenvalue weighted by Gasteiger charge is 2.52. The van der Waals surface area contributed by atoms with Crippen LogP contribution in [0.4, 0.5) is 0 Å². The van der Waals surface area contributed by atoms with Gasteiger partial charge in [0, 0.05) is 17.6 Å². The summed E-state index contributed by atoms with van der Waals surface area (Å²) in [6, 6.07) is 22.5. The zero-order chi connectivity index (χ0) is 31.4. The summed E-state index contributed by atoms with van der Waals surface area (Å²) < 4.78 is 5.22. The number of ether oxygens (including phenoxy) is 1. The Morgan fingerprint density at radius 1 is 0.909 bits per heavy atom. The van der Waals surface area contributed by atoms with Crippen molar-refractivity contribution >= 4 is 34.5 Å². The minimum atomic E-state index is -0.735. The van der Waals surface area contributed by atoms with Gasteiger partial charge >= 0.3 is 5.97 Å². The molecule has 1 heterocycles. The number of fused-ring (bicyclic) bond motifs is 1. The van der Waals surface area contributed by atoms with E-state index >= 15 is 0 Å². The first-order valence-corrected chi connectivity index (χ1v) is 15.8. The van der Waals surface area contributed by atoms with Crippen molar-refractivity contribution in [1.82, 2.24) is 16.0 Å². The van der Waals surface area contributed by atoms with E-state index in [4.69, 9.17) is 4.74 Å². The van der Waals surface area contributed by atoms with Gasteiger partial charge in [0.1, 0.15) is 12.0 Å². The van der Waals surface area contributed by atoms with Crippen LogP contribution in [-0.2, 0) is 25.5 Å². The van der Waals surface area contributed by atoms with E-state index in [2.05, 4.69) is 35.0 Å². The van der Waals surface area contributed by atoms with E-state index < -0.39 is 12.1 Å². The average Bonchev–Trinajstić information content (AvgIpc) is 3.80. The first kappa shape index (κ1) is 31.2. The minimum Gasteiger partial charge on any atom is -0.451 e. The highest BCUT2D eigenvalue weighted by Crippen LogP contribution is 2.41. The molecule has 1 aliphatic heterocycles. The Balaban J connectivity index is 1.20. The summed E-state index contributed by atoms with van der Waals surface area (Å²) in [6.45, 7) is 7.78. The fourth-order valence-electron chi connectivity index (χ4n) is 6.27. The number of cyclic esters (lactones) is 1. The van der Waals surface area contributed by atoms with Crippen molar-refractivity contribution in [2.45, 2.75) is 77.6 Å². The molecule has 1 aliphatic carbocycles. The van der Waals surface area contributed by atoms with Crippen molar-refractivity contribution in [3.05, 3.63) is 83.9 Å². The molecule has 0 aromatic heterocycles. The van der Waals surface area contributed by atoms with E-state index in [1.807, 2.05) is 68.4 Å². The Morgan fingerprint density at radius 2 is 1.61 bits per heavy atom. The summed E-state index contributed by atoms with van der Waals surface area (Å²) in [6.07, 6.45) is 2.38. The van der Waals surface area contributed by atoms with E-state index in [9.17, 15) is 19.2 Å². The lowest BCUT2D eigenvalue weighted by atomic mass is 9.83. The first-order chi connectivity index (χ1) is 21.2. The lowest BCUT2D eigenvalue weighted by Gasteiger charge is -2.37. The van der Waals surface area contributed by atoms with Gasteiger partial charge in [-0.2, -0.15) is 0 Å². The van der Waals surface area contributed by atoms with Crippen LogP contribution in [0.2, 0.25) is 0 Å². The smallest absolute Gasteiger partial charge is 0.314 e. The van der Waals surface area contributed by atoms with Crippen LogP contribution in [0, 0.1) is 23.7 Å². The summed E-state index contributed by atoms with van der Waals surface area (Å²) in [5.41, 5.74) is 1.68. The SMILES string of the molecule is CCC(C)[C@@H]1C(=O)O[C@H]1C(=O)N[C@H]1C[C@H]1[C@@H](C)[C@@H](CCc1ccccc1)NC(=O)[C@H](C)NC(=O)c1ccc2ccccc2c1. The average molecular weight is 598 g/mol. The third-order valence-corrected chi connectivity index (χ3v) is 9.50. The molecule has 8 nitrogen and oxygen atoms in total. The molecule has 3 aromatic carbocycles. The van der Waals surface area contributed by atoms with Crippen molar-refractivity contribution in [1.29, 1.82) is 0 Å². The molecule has 2 aliphatic rings. The van der Waals surface area contributed by atoms with E-state index in [1.54, 1.807) is 13.0 Å². The standard InChI is InChI=1S/C36H43N3O5/c1-5-21(2)31-32(44-36(31)43)35(42)39-30-20-28(30)22(3)29(18-15-24-11-7-6-8-12-24)38-33(40)23(4)37-34(41)27-17-16-25-13-9-10-14-26(25)19-27/h6-14,16-17,19,21-23,28-32H,5,15,18,20H2,1-4H3,(H,37,41)(H,38,40)(H,39,42)/t21?,22-,23+,28+,29-,30+,31+,32-/m1/s1. The van der Waals surface area contributed by atoms with E-state index in [0.717, 1.165) is 36.5 Å². The summed E-state index contributed by atoms with van der Waals surface area (Å²) in [7, 11) is 0. The van der Waals surface area contributed by atoms with Gasteiger partial charge in [-0.1, -0.05) is 87.9 Å². The molecule has 0 bridgehead atoms.